The zero-order valence-electron chi connectivity index (χ0n) is 15.1. The Labute approximate surface area is 168 Å². The van der Waals surface area contributed by atoms with Crippen LogP contribution in [0.5, 0.6) is 11.5 Å². The maximum atomic E-state index is 13.1. The van der Waals surface area contributed by atoms with Crippen molar-refractivity contribution in [3.8, 4) is 11.5 Å². The van der Waals surface area contributed by atoms with Crippen molar-refractivity contribution in [1.82, 2.24) is 4.90 Å². The van der Waals surface area contributed by atoms with Gasteiger partial charge in [-0.2, -0.15) is 0 Å². The molecule has 4 rings (SSSR count). The summed E-state index contributed by atoms with van der Waals surface area (Å²) in [4.78, 5) is 14.7. The molecule has 2 aliphatic heterocycles. The first-order valence-electron chi connectivity index (χ1n) is 9.11. The van der Waals surface area contributed by atoms with E-state index in [9.17, 15) is 13.2 Å². The summed E-state index contributed by atoms with van der Waals surface area (Å²) in [6.07, 6.45) is 0.296. The minimum Gasteiger partial charge on any atom is -0.486 e. The Morgan fingerprint density at radius 2 is 1.82 bits per heavy atom. The first-order valence-corrected chi connectivity index (χ1v) is 11.2. The molecule has 1 fully saturated rings. The number of para-hydroxylation sites is 1. The Balaban J connectivity index is 1.60. The molecular formula is C20H20ClNO5S. The molecule has 0 radical (unpaired) electrons. The van der Waals surface area contributed by atoms with Gasteiger partial charge in [0.15, 0.2) is 21.3 Å². The van der Waals surface area contributed by atoms with Gasteiger partial charge in [-0.3, -0.25) is 4.79 Å². The van der Waals surface area contributed by atoms with E-state index < -0.39 is 15.1 Å². The number of halogens is 1. The fourth-order valence-electron chi connectivity index (χ4n) is 3.64. The van der Waals surface area contributed by atoms with Gasteiger partial charge >= 0.3 is 0 Å². The molecule has 0 saturated carbocycles. The van der Waals surface area contributed by atoms with Gasteiger partial charge in [0.05, 0.1) is 16.6 Å². The number of carbonyl (C=O) groups is 1. The SMILES string of the molecule is O=C(c1cccc2c1OCCO2)N1CCC(c2ccccc2Cl)S(=O)(=O)CC1. The summed E-state index contributed by atoms with van der Waals surface area (Å²) in [5.41, 5.74) is 0.984. The maximum Gasteiger partial charge on any atom is 0.257 e. The highest BCUT2D eigenvalue weighted by Crippen LogP contribution is 2.36. The van der Waals surface area contributed by atoms with Gasteiger partial charge in [0.25, 0.3) is 5.91 Å². The molecule has 1 amide bonds. The van der Waals surface area contributed by atoms with Crippen molar-refractivity contribution >= 4 is 27.3 Å². The van der Waals surface area contributed by atoms with E-state index in [2.05, 4.69) is 0 Å². The molecule has 2 aliphatic rings. The van der Waals surface area contributed by atoms with E-state index in [1.807, 2.05) is 0 Å². The van der Waals surface area contributed by atoms with Crippen molar-refractivity contribution in [3.63, 3.8) is 0 Å². The summed E-state index contributed by atoms with van der Waals surface area (Å²) in [6.45, 7) is 1.26. The second-order valence-electron chi connectivity index (χ2n) is 6.79. The molecule has 28 heavy (non-hydrogen) atoms. The van der Waals surface area contributed by atoms with Gasteiger partial charge < -0.3 is 14.4 Å². The second kappa shape index (κ2) is 7.64. The van der Waals surface area contributed by atoms with Crippen LogP contribution >= 0.6 is 11.6 Å². The van der Waals surface area contributed by atoms with Gasteiger partial charge in [-0.25, -0.2) is 8.42 Å². The summed E-state index contributed by atoms with van der Waals surface area (Å²) < 4.78 is 36.9. The zero-order valence-corrected chi connectivity index (χ0v) is 16.7. The van der Waals surface area contributed by atoms with Crippen LogP contribution in [0.3, 0.4) is 0 Å². The molecule has 0 bridgehead atoms. The normalized spacial score (nSPS) is 21.0. The lowest BCUT2D eigenvalue weighted by Gasteiger charge is -2.24. The third kappa shape index (κ3) is 3.56. The lowest BCUT2D eigenvalue weighted by atomic mass is 10.1. The number of amides is 1. The average molecular weight is 422 g/mol. The number of ether oxygens (including phenoxy) is 2. The summed E-state index contributed by atoms with van der Waals surface area (Å²) >= 11 is 6.24. The molecular weight excluding hydrogens is 402 g/mol. The fraction of sp³-hybridized carbons (Fsp3) is 0.350. The first kappa shape index (κ1) is 19.1. The van der Waals surface area contributed by atoms with Crippen LogP contribution in [0, 0.1) is 0 Å². The van der Waals surface area contributed by atoms with Crippen molar-refractivity contribution in [1.29, 1.82) is 0 Å². The van der Waals surface area contributed by atoms with Crippen LogP contribution in [0.25, 0.3) is 0 Å². The number of nitrogens with zero attached hydrogens (tertiary/aromatic N) is 1. The van der Waals surface area contributed by atoms with Crippen molar-refractivity contribution in [3.05, 3.63) is 58.6 Å². The Hall–Kier alpha value is -2.25. The third-order valence-electron chi connectivity index (χ3n) is 5.08. The molecule has 1 saturated heterocycles. The van der Waals surface area contributed by atoms with Gasteiger partial charge in [0.2, 0.25) is 0 Å². The molecule has 1 unspecified atom stereocenters. The van der Waals surface area contributed by atoms with Gasteiger partial charge in [0.1, 0.15) is 13.2 Å². The molecule has 2 aromatic rings. The molecule has 2 heterocycles. The van der Waals surface area contributed by atoms with Crippen LogP contribution in [-0.2, 0) is 9.84 Å². The molecule has 6 nitrogen and oxygen atoms in total. The average Bonchev–Trinajstić information content (AvgIpc) is 2.85. The predicted molar refractivity (Wildman–Crippen MR) is 106 cm³/mol. The molecule has 2 aromatic carbocycles. The summed E-state index contributed by atoms with van der Waals surface area (Å²) in [5.74, 6) is 0.598. The molecule has 0 N–H and O–H groups in total. The van der Waals surface area contributed by atoms with Crippen LogP contribution in [0.4, 0.5) is 0 Å². The van der Waals surface area contributed by atoms with Gasteiger partial charge in [-0.05, 0) is 30.2 Å². The van der Waals surface area contributed by atoms with Crippen molar-refractivity contribution in [2.45, 2.75) is 11.7 Å². The van der Waals surface area contributed by atoms with E-state index in [0.717, 1.165) is 0 Å². The molecule has 0 aromatic heterocycles. The van der Waals surface area contributed by atoms with Crippen molar-refractivity contribution in [2.75, 3.05) is 32.1 Å². The molecule has 148 valence electrons. The Bertz CT molecular complexity index is 1010. The smallest absolute Gasteiger partial charge is 0.257 e. The van der Waals surface area contributed by atoms with Crippen molar-refractivity contribution in [2.24, 2.45) is 0 Å². The van der Waals surface area contributed by atoms with Crippen LogP contribution < -0.4 is 9.47 Å². The van der Waals surface area contributed by atoms with E-state index in [0.29, 0.717) is 53.8 Å². The number of hydrogen-bond donors (Lipinski definition) is 0. The zero-order chi connectivity index (χ0) is 19.7. The third-order valence-corrected chi connectivity index (χ3v) is 7.53. The van der Waals surface area contributed by atoms with Gasteiger partial charge in [-0.1, -0.05) is 35.9 Å². The number of fused-ring (bicyclic) bond motifs is 1. The number of carbonyl (C=O) groups excluding carboxylic acids is 1. The molecule has 0 aliphatic carbocycles. The van der Waals surface area contributed by atoms with E-state index in [1.165, 1.54) is 0 Å². The lowest BCUT2D eigenvalue weighted by molar-refractivity contribution is 0.0756. The Morgan fingerprint density at radius 3 is 2.64 bits per heavy atom. The van der Waals surface area contributed by atoms with Gasteiger partial charge in [-0.15, -0.1) is 0 Å². The number of hydrogen-bond acceptors (Lipinski definition) is 5. The standard InChI is InChI=1S/C20H20ClNO5S/c21-16-6-2-1-4-14(16)18-8-9-22(10-13-28(18,24)25)20(23)15-5-3-7-17-19(15)27-12-11-26-17/h1-7,18H,8-13H2. The number of sulfone groups is 1. The minimum absolute atomic E-state index is 0.110. The molecule has 8 heteroatoms. The fourth-order valence-corrected chi connectivity index (χ4v) is 5.79. The Kier molecular flexibility index (Phi) is 5.21. The minimum atomic E-state index is -3.44. The summed E-state index contributed by atoms with van der Waals surface area (Å²) in [6, 6.07) is 12.1. The van der Waals surface area contributed by atoms with Crippen LogP contribution in [0.2, 0.25) is 5.02 Å². The van der Waals surface area contributed by atoms with Crippen LogP contribution in [0.15, 0.2) is 42.5 Å². The van der Waals surface area contributed by atoms with Crippen molar-refractivity contribution < 1.29 is 22.7 Å². The molecule has 1 atom stereocenters. The highest BCUT2D eigenvalue weighted by Gasteiger charge is 2.35. The highest BCUT2D eigenvalue weighted by atomic mass is 35.5. The molecule has 0 spiro atoms. The monoisotopic (exact) mass is 421 g/mol. The largest absolute Gasteiger partial charge is 0.486 e. The van der Waals surface area contributed by atoms with E-state index in [-0.39, 0.29) is 18.2 Å². The topological polar surface area (TPSA) is 72.9 Å². The lowest BCUT2D eigenvalue weighted by Crippen LogP contribution is -2.34. The highest BCUT2D eigenvalue weighted by molar-refractivity contribution is 7.91. The second-order valence-corrected chi connectivity index (χ2v) is 9.50. The van der Waals surface area contributed by atoms with E-state index in [1.54, 1.807) is 47.4 Å². The van der Waals surface area contributed by atoms with Crippen LogP contribution in [-0.4, -0.2) is 51.3 Å². The summed E-state index contributed by atoms with van der Waals surface area (Å²) in [5, 5.41) is -0.290. The van der Waals surface area contributed by atoms with E-state index in [4.69, 9.17) is 21.1 Å². The number of rotatable bonds is 2. The van der Waals surface area contributed by atoms with Crippen LogP contribution in [0.1, 0.15) is 27.6 Å². The van der Waals surface area contributed by atoms with Gasteiger partial charge in [0, 0.05) is 18.1 Å². The maximum absolute atomic E-state index is 13.1. The first-order chi connectivity index (χ1) is 13.5. The van der Waals surface area contributed by atoms with E-state index >= 15 is 0 Å². The predicted octanol–water partition coefficient (Wildman–Crippen LogP) is 3.11. The summed E-state index contributed by atoms with van der Waals surface area (Å²) in [7, 11) is -3.44. The number of benzene rings is 2. The Morgan fingerprint density at radius 1 is 1.04 bits per heavy atom. The quantitative estimate of drug-likeness (QED) is 0.744.